The number of rotatable bonds is 3. The molecule has 0 aliphatic heterocycles. The predicted octanol–water partition coefficient (Wildman–Crippen LogP) is 6.16. The summed E-state index contributed by atoms with van der Waals surface area (Å²) in [7, 11) is 0. The molecule has 0 saturated carbocycles. The lowest BCUT2D eigenvalue weighted by Crippen LogP contribution is -1.92. The number of benzene rings is 3. The average molecular weight is 359 g/mol. The van der Waals surface area contributed by atoms with Crippen molar-refractivity contribution in [2.45, 2.75) is 13.8 Å². The van der Waals surface area contributed by atoms with Gasteiger partial charge in [-0.05, 0) is 48.7 Å². The normalized spacial score (nSPS) is 10.0. The molecule has 26 heavy (non-hydrogen) atoms. The molecular weight excluding hydrogens is 344 g/mol. The highest BCUT2D eigenvalue weighted by Crippen LogP contribution is 2.35. The minimum absolute atomic E-state index is 0.233. The van der Waals surface area contributed by atoms with Crippen molar-refractivity contribution >= 4 is 11.6 Å². The zero-order valence-corrected chi connectivity index (χ0v) is 15.1. The van der Waals surface area contributed by atoms with Crippen LogP contribution in [-0.2, 0) is 0 Å². The highest BCUT2D eigenvalue weighted by Gasteiger charge is 2.12. The van der Waals surface area contributed by atoms with E-state index in [1.54, 1.807) is 0 Å². The fraction of sp³-hybridized carbons (Fsp3) is 0.0909. The van der Waals surface area contributed by atoms with Crippen LogP contribution in [0.15, 0.2) is 54.6 Å². The van der Waals surface area contributed by atoms with Gasteiger partial charge < -0.3 is 4.74 Å². The molecule has 0 aliphatic carbocycles. The number of nitrogens with zero attached hydrogens (tertiary/aromatic N) is 2. The van der Waals surface area contributed by atoms with Crippen molar-refractivity contribution < 1.29 is 4.74 Å². The Labute approximate surface area is 157 Å². The summed E-state index contributed by atoms with van der Waals surface area (Å²) in [5, 5.41) is 18.5. The Morgan fingerprint density at radius 3 is 2.00 bits per heavy atom. The van der Waals surface area contributed by atoms with Gasteiger partial charge in [0.1, 0.15) is 23.6 Å². The van der Waals surface area contributed by atoms with Crippen molar-refractivity contribution in [2.75, 3.05) is 0 Å². The molecule has 0 N–H and O–H groups in total. The van der Waals surface area contributed by atoms with Crippen LogP contribution in [0.4, 0.5) is 0 Å². The summed E-state index contributed by atoms with van der Waals surface area (Å²) in [4.78, 5) is 0. The maximum absolute atomic E-state index is 9.17. The first kappa shape index (κ1) is 17.5. The lowest BCUT2D eigenvalue weighted by Gasteiger charge is -2.12. The summed E-state index contributed by atoms with van der Waals surface area (Å²) >= 11 is 6.20. The summed E-state index contributed by atoms with van der Waals surface area (Å²) in [5.74, 6) is 1.00. The molecule has 0 aliphatic rings. The molecule has 3 rings (SSSR count). The van der Waals surface area contributed by atoms with Crippen molar-refractivity contribution in [1.29, 1.82) is 10.5 Å². The van der Waals surface area contributed by atoms with Crippen molar-refractivity contribution in [3.05, 3.63) is 81.9 Å². The van der Waals surface area contributed by atoms with Gasteiger partial charge in [0.15, 0.2) is 0 Å². The van der Waals surface area contributed by atoms with Crippen LogP contribution in [0.2, 0.25) is 5.02 Å². The van der Waals surface area contributed by atoms with E-state index in [4.69, 9.17) is 26.9 Å². The second kappa shape index (κ2) is 7.31. The number of ether oxygens (including phenoxy) is 1. The lowest BCUT2D eigenvalue weighted by atomic mass is 10.0. The number of halogens is 1. The van der Waals surface area contributed by atoms with Crippen LogP contribution in [0.1, 0.15) is 22.3 Å². The van der Waals surface area contributed by atoms with E-state index in [2.05, 4.69) is 31.2 Å². The van der Waals surface area contributed by atoms with Gasteiger partial charge in [-0.25, -0.2) is 0 Å². The SMILES string of the molecule is Cc1ccc(-c2ccc(Oc3cc(C#N)c(C#N)cc3Cl)c(C)c2)cc1. The minimum Gasteiger partial charge on any atom is -0.455 e. The lowest BCUT2D eigenvalue weighted by molar-refractivity contribution is 0.479. The number of hydrogen-bond donors (Lipinski definition) is 0. The monoisotopic (exact) mass is 358 g/mol. The van der Waals surface area contributed by atoms with Gasteiger partial charge in [0.25, 0.3) is 0 Å². The fourth-order valence-corrected chi connectivity index (χ4v) is 2.83. The van der Waals surface area contributed by atoms with Gasteiger partial charge >= 0.3 is 0 Å². The Morgan fingerprint density at radius 2 is 1.38 bits per heavy atom. The van der Waals surface area contributed by atoms with Crippen LogP contribution < -0.4 is 4.74 Å². The van der Waals surface area contributed by atoms with Crippen LogP contribution in [0.5, 0.6) is 11.5 Å². The van der Waals surface area contributed by atoms with E-state index in [1.165, 1.54) is 17.7 Å². The van der Waals surface area contributed by atoms with Crippen molar-refractivity contribution in [2.24, 2.45) is 0 Å². The summed E-state index contributed by atoms with van der Waals surface area (Å²) in [5.41, 5.74) is 4.86. The maximum Gasteiger partial charge on any atom is 0.147 e. The van der Waals surface area contributed by atoms with Gasteiger partial charge in [0, 0.05) is 6.07 Å². The molecule has 0 unspecified atom stereocenters. The van der Waals surface area contributed by atoms with Crippen LogP contribution >= 0.6 is 11.6 Å². The molecular formula is C22H15ClN2O. The van der Waals surface area contributed by atoms with Crippen molar-refractivity contribution in [3.63, 3.8) is 0 Å². The third kappa shape index (κ3) is 3.54. The van der Waals surface area contributed by atoms with Crippen molar-refractivity contribution in [3.8, 4) is 34.8 Å². The average Bonchev–Trinajstić information content (AvgIpc) is 2.65. The molecule has 0 atom stereocenters. The first-order valence-electron chi connectivity index (χ1n) is 8.01. The molecule has 0 fully saturated rings. The fourth-order valence-electron chi connectivity index (χ4n) is 2.62. The predicted molar refractivity (Wildman–Crippen MR) is 102 cm³/mol. The third-order valence-corrected chi connectivity index (χ3v) is 4.39. The molecule has 0 heterocycles. The van der Waals surface area contributed by atoms with Crippen LogP contribution in [0.3, 0.4) is 0 Å². The Bertz CT molecular complexity index is 1060. The Kier molecular flexibility index (Phi) is 4.94. The molecule has 0 aromatic heterocycles. The first-order valence-corrected chi connectivity index (χ1v) is 8.39. The molecule has 3 aromatic rings. The second-order valence-corrected chi connectivity index (χ2v) is 6.41. The Morgan fingerprint density at radius 1 is 0.769 bits per heavy atom. The van der Waals surface area contributed by atoms with Gasteiger partial charge in [-0.15, -0.1) is 0 Å². The van der Waals surface area contributed by atoms with Gasteiger partial charge in [-0.2, -0.15) is 10.5 Å². The van der Waals surface area contributed by atoms with Crippen LogP contribution in [0.25, 0.3) is 11.1 Å². The molecule has 3 nitrogen and oxygen atoms in total. The van der Waals surface area contributed by atoms with E-state index in [9.17, 15) is 0 Å². The zero-order chi connectivity index (χ0) is 18.7. The molecule has 0 radical (unpaired) electrons. The van der Waals surface area contributed by atoms with Gasteiger partial charge in [-0.3, -0.25) is 0 Å². The Balaban J connectivity index is 1.93. The number of aryl methyl sites for hydroxylation is 2. The molecule has 3 aromatic carbocycles. The van der Waals surface area contributed by atoms with Gasteiger partial charge in [0.05, 0.1) is 16.1 Å². The molecule has 0 spiro atoms. The van der Waals surface area contributed by atoms with E-state index in [0.717, 1.165) is 16.7 Å². The van der Waals surface area contributed by atoms with E-state index < -0.39 is 0 Å². The minimum atomic E-state index is 0.233. The zero-order valence-electron chi connectivity index (χ0n) is 14.4. The topological polar surface area (TPSA) is 56.8 Å². The van der Waals surface area contributed by atoms with Gasteiger partial charge in [0.2, 0.25) is 0 Å². The Hall–Kier alpha value is -3.27. The highest BCUT2D eigenvalue weighted by molar-refractivity contribution is 6.32. The molecule has 0 saturated heterocycles. The van der Waals surface area contributed by atoms with Crippen LogP contribution in [-0.4, -0.2) is 0 Å². The first-order chi connectivity index (χ1) is 12.5. The summed E-state index contributed by atoms with van der Waals surface area (Å²) in [6, 6.07) is 21.1. The van der Waals surface area contributed by atoms with Gasteiger partial charge in [-0.1, -0.05) is 47.5 Å². The molecule has 0 bridgehead atoms. The quantitative estimate of drug-likeness (QED) is 0.563. The molecule has 126 valence electrons. The second-order valence-electron chi connectivity index (χ2n) is 6.00. The van der Waals surface area contributed by atoms with E-state index in [-0.39, 0.29) is 11.1 Å². The highest BCUT2D eigenvalue weighted by atomic mass is 35.5. The largest absolute Gasteiger partial charge is 0.455 e. The van der Waals surface area contributed by atoms with Crippen molar-refractivity contribution in [1.82, 2.24) is 0 Å². The standard InChI is InChI=1S/C22H15ClN2O/c1-14-3-5-16(6-4-14)17-7-8-21(15(2)9-17)26-22-11-19(13-25)18(12-24)10-20(22)23/h3-11H,1-2H3. The summed E-state index contributed by atoms with van der Waals surface area (Å²) < 4.78 is 5.90. The smallest absolute Gasteiger partial charge is 0.147 e. The number of hydrogen-bond acceptors (Lipinski definition) is 3. The van der Waals surface area contributed by atoms with E-state index >= 15 is 0 Å². The third-order valence-electron chi connectivity index (χ3n) is 4.09. The van der Waals surface area contributed by atoms with Crippen LogP contribution in [0, 0.1) is 36.5 Å². The maximum atomic E-state index is 9.17. The summed E-state index contributed by atoms with van der Waals surface area (Å²) in [6.45, 7) is 4.01. The number of nitriles is 2. The molecule has 0 amide bonds. The van der Waals surface area contributed by atoms with E-state index in [0.29, 0.717) is 16.5 Å². The summed E-state index contributed by atoms with van der Waals surface area (Å²) in [6.07, 6.45) is 0. The molecule has 4 heteroatoms. The van der Waals surface area contributed by atoms with E-state index in [1.807, 2.05) is 37.3 Å².